The number of rotatable bonds is 12. The van der Waals surface area contributed by atoms with E-state index in [1.807, 2.05) is 31.1 Å². The van der Waals surface area contributed by atoms with Gasteiger partial charge in [-0.2, -0.15) is 0 Å². The number of anilines is 1. The zero-order valence-corrected chi connectivity index (χ0v) is 20.4. The van der Waals surface area contributed by atoms with Crippen molar-refractivity contribution in [2.75, 3.05) is 39.2 Å². The van der Waals surface area contributed by atoms with Crippen molar-refractivity contribution in [3.63, 3.8) is 0 Å². The van der Waals surface area contributed by atoms with Crippen LogP contribution in [0.4, 0.5) is 5.69 Å². The average Bonchev–Trinajstić information content (AvgIpc) is 2.78. The van der Waals surface area contributed by atoms with Crippen LogP contribution in [0.2, 0.25) is 0 Å². The highest BCUT2D eigenvalue weighted by Crippen LogP contribution is 2.30. The minimum absolute atomic E-state index is 0.0930. The van der Waals surface area contributed by atoms with Crippen LogP contribution in [0.25, 0.3) is 10.8 Å². The Labute approximate surface area is 199 Å². The molecule has 1 atom stereocenters. The van der Waals surface area contributed by atoms with Gasteiger partial charge in [-0.05, 0) is 25.0 Å². The summed E-state index contributed by atoms with van der Waals surface area (Å²) < 4.78 is 32.8. The molecule has 34 heavy (non-hydrogen) atoms. The molecule has 0 bridgehead atoms. The quantitative estimate of drug-likeness (QED) is 0.142. The molecule has 0 aliphatic rings. The highest BCUT2D eigenvalue weighted by Gasteiger charge is 2.19. The summed E-state index contributed by atoms with van der Waals surface area (Å²) in [6.45, 7) is 0.420. The first-order chi connectivity index (χ1) is 16.1. The van der Waals surface area contributed by atoms with Gasteiger partial charge < -0.3 is 26.4 Å². The third-order valence-corrected chi connectivity index (χ3v) is 6.51. The Hall–Kier alpha value is -3.38. The van der Waals surface area contributed by atoms with Crippen molar-refractivity contribution in [2.24, 2.45) is 16.5 Å². The van der Waals surface area contributed by atoms with E-state index >= 15 is 0 Å². The third kappa shape index (κ3) is 7.32. The number of nitrogens with two attached hydrogens (primary N) is 2. The Kier molecular flexibility index (Phi) is 9.63. The number of sulfonamides is 1. The average molecular weight is 493 g/mol. The zero-order valence-electron chi connectivity index (χ0n) is 19.6. The van der Waals surface area contributed by atoms with Crippen LogP contribution >= 0.6 is 0 Å². The lowest BCUT2D eigenvalue weighted by Gasteiger charge is -2.17. The second-order valence-electron chi connectivity index (χ2n) is 7.77. The van der Waals surface area contributed by atoms with Crippen molar-refractivity contribution in [2.45, 2.75) is 30.2 Å². The molecule has 2 rings (SSSR count). The summed E-state index contributed by atoms with van der Waals surface area (Å²) in [5, 5.41) is 4.25. The fourth-order valence-electron chi connectivity index (χ4n) is 3.40. The van der Waals surface area contributed by atoms with E-state index in [-0.39, 0.29) is 30.4 Å². The minimum atomic E-state index is -3.97. The summed E-state index contributed by atoms with van der Waals surface area (Å²) in [6.07, 6.45) is 0.871. The van der Waals surface area contributed by atoms with Crippen molar-refractivity contribution in [3.8, 4) is 0 Å². The van der Waals surface area contributed by atoms with Gasteiger partial charge in [0.1, 0.15) is 0 Å². The molecule has 2 aromatic carbocycles. The summed E-state index contributed by atoms with van der Waals surface area (Å²) >= 11 is 0. The molecule has 0 heterocycles. The first-order valence-corrected chi connectivity index (χ1v) is 12.2. The van der Waals surface area contributed by atoms with E-state index in [9.17, 15) is 18.0 Å². The molecule has 0 aliphatic heterocycles. The van der Waals surface area contributed by atoms with Gasteiger partial charge in [0.2, 0.25) is 11.9 Å². The van der Waals surface area contributed by atoms with Gasteiger partial charge in [0, 0.05) is 43.6 Å². The number of aliphatic imine (C=N–C) groups is 1. The molecule has 1 amide bonds. The molecule has 0 spiro atoms. The fraction of sp³-hybridized carbons (Fsp3) is 0.409. The van der Waals surface area contributed by atoms with Gasteiger partial charge in [-0.15, -0.1) is 0 Å². The summed E-state index contributed by atoms with van der Waals surface area (Å²) in [7, 11) is 1.08. The lowest BCUT2D eigenvalue weighted by molar-refractivity contribution is -0.140. The Balaban J connectivity index is 2.01. The summed E-state index contributed by atoms with van der Waals surface area (Å²) in [4.78, 5) is 28.8. The van der Waals surface area contributed by atoms with Crippen molar-refractivity contribution in [1.29, 1.82) is 0 Å². The molecule has 0 unspecified atom stereocenters. The lowest BCUT2D eigenvalue weighted by atomic mass is 10.1. The Morgan fingerprint density at radius 1 is 1.12 bits per heavy atom. The summed E-state index contributed by atoms with van der Waals surface area (Å²) in [5.41, 5.74) is 12.1. The molecule has 0 saturated carbocycles. The SMILES string of the molecule is COC(=O)CCN[C@@H](CCCN=C(N)NS(=O)(=O)c1cccc2c(N(C)C)cccc12)C(N)=O. The van der Waals surface area contributed by atoms with E-state index in [0.29, 0.717) is 18.2 Å². The van der Waals surface area contributed by atoms with Crippen LogP contribution < -0.4 is 26.4 Å². The molecule has 0 saturated heterocycles. The van der Waals surface area contributed by atoms with Crippen LogP contribution in [0.1, 0.15) is 19.3 Å². The number of primary amides is 1. The van der Waals surface area contributed by atoms with Gasteiger partial charge in [-0.25, -0.2) is 13.1 Å². The highest BCUT2D eigenvalue weighted by atomic mass is 32.2. The number of carbonyl (C=O) groups is 2. The molecule has 0 fully saturated rings. The van der Waals surface area contributed by atoms with E-state index in [0.717, 1.165) is 11.1 Å². The molecule has 2 aromatic rings. The van der Waals surface area contributed by atoms with Gasteiger partial charge in [0.25, 0.3) is 10.0 Å². The number of methoxy groups -OCH3 is 1. The number of esters is 1. The normalized spacial score (nSPS) is 12.9. The Morgan fingerprint density at radius 3 is 2.44 bits per heavy atom. The molecular weight excluding hydrogens is 460 g/mol. The second-order valence-corrected chi connectivity index (χ2v) is 9.42. The molecule has 12 heteroatoms. The number of carbonyl (C=O) groups excluding carboxylic acids is 2. The molecule has 6 N–H and O–H groups in total. The first-order valence-electron chi connectivity index (χ1n) is 10.7. The highest BCUT2D eigenvalue weighted by molar-refractivity contribution is 7.90. The van der Waals surface area contributed by atoms with Crippen molar-refractivity contribution in [1.82, 2.24) is 10.0 Å². The number of guanidine groups is 1. The maximum atomic E-state index is 13.0. The summed E-state index contributed by atoms with van der Waals surface area (Å²) in [6, 6.07) is 9.83. The Bertz CT molecular complexity index is 1150. The minimum Gasteiger partial charge on any atom is -0.469 e. The molecule has 0 aliphatic carbocycles. The van der Waals surface area contributed by atoms with Gasteiger partial charge in [0.15, 0.2) is 0 Å². The van der Waals surface area contributed by atoms with Crippen molar-refractivity contribution in [3.05, 3.63) is 36.4 Å². The van der Waals surface area contributed by atoms with E-state index in [4.69, 9.17) is 11.5 Å². The number of amides is 1. The maximum absolute atomic E-state index is 13.0. The number of hydrogen-bond donors (Lipinski definition) is 4. The lowest BCUT2D eigenvalue weighted by Crippen LogP contribution is -2.42. The second kappa shape index (κ2) is 12.2. The van der Waals surface area contributed by atoms with Gasteiger partial charge in [0.05, 0.1) is 24.5 Å². The van der Waals surface area contributed by atoms with Crippen LogP contribution in [0.3, 0.4) is 0 Å². The number of nitrogens with one attached hydrogen (secondary N) is 2. The topological polar surface area (TPSA) is 169 Å². The van der Waals surface area contributed by atoms with Crippen LogP contribution in [0, 0.1) is 0 Å². The molecule has 186 valence electrons. The largest absolute Gasteiger partial charge is 0.469 e. The maximum Gasteiger partial charge on any atom is 0.306 e. The van der Waals surface area contributed by atoms with Crippen molar-refractivity contribution < 1.29 is 22.7 Å². The van der Waals surface area contributed by atoms with Gasteiger partial charge in [-0.3, -0.25) is 14.6 Å². The number of nitrogens with zero attached hydrogens (tertiary/aromatic N) is 2. The number of ether oxygens (including phenoxy) is 1. The van der Waals surface area contributed by atoms with Crippen molar-refractivity contribution >= 4 is 44.3 Å². The third-order valence-electron chi connectivity index (χ3n) is 5.09. The fourth-order valence-corrected chi connectivity index (χ4v) is 4.58. The standard InChI is InChI=1S/C22H32N6O5S/c1-28(2)18-10-4-8-16-15(18)7-5-11-19(16)34(31,32)27-22(24)26-13-6-9-17(21(23)30)25-14-12-20(29)33-3/h4-5,7-8,10-11,17,25H,6,9,12-14H2,1-3H3,(H2,23,30)(H3,24,26,27)/t17-/m0/s1. The van der Waals surface area contributed by atoms with Crippen LogP contribution in [-0.4, -0.2) is 66.6 Å². The van der Waals surface area contributed by atoms with Crippen LogP contribution in [-0.2, 0) is 24.3 Å². The van der Waals surface area contributed by atoms with E-state index in [2.05, 4.69) is 19.8 Å². The molecule has 0 aromatic heterocycles. The number of fused-ring (bicyclic) bond motifs is 1. The molecule has 11 nitrogen and oxygen atoms in total. The number of benzene rings is 2. The predicted octanol–water partition coefficient (Wildman–Crippen LogP) is 0.286. The molecular formula is C22H32N6O5S. The van der Waals surface area contributed by atoms with Crippen LogP contribution in [0.5, 0.6) is 0 Å². The monoisotopic (exact) mass is 492 g/mol. The predicted molar refractivity (Wildman–Crippen MR) is 132 cm³/mol. The van der Waals surface area contributed by atoms with Gasteiger partial charge >= 0.3 is 5.97 Å². The number of hydrogen-bond acceptors (Lipinski definition) is 8. The summed E-state index contributed by atoms with van der Waals surface area (Å²) in [5.74, 6) is -1.21. The zero-order chi connectivity index (χ0) is 25.3. The molecule has 0 radical (unpaired) electrons. The first kappa shape index (κ1) is 26.9. The van der Waals surface area contributed by atoms with Crippen LogP contribution in [0.15, 0.2) is 46.3 Å². The smallest absolute Gasteiger partial charge is 0.306 e. The van der Waals surface area contributed by atoms with Gasteiger partial charge in [-0.1, -0.05) is 24.3 Å². The van der Waals surface area contributed by atoms with E-state index in [1.165, 1.54) is 13.2 Å². The van der Waals surface area contributed by atoms with E-state index in [1.54, 1.807) is 18.2 Å². The van der Waals surface area contributed by atoms with E-state index < -0.39 is 27.9 Å². The Morgan fingerprint density at radius 2 is 1.79 bits per heavy atom.